The second kappa shape index (κ2) is 4.01. The van der Waals surface area contributed by atoms with Crippen LogP contribution in [0.15, 0.2) is 12.1 Å². The monoisotopic (exact) mass is 204 g/mol. The molecule has 0 N–H and O–H groups in total. The molecule has 66 valence electrons. The van der Waals surface area contributed by atoms with Gasteiger partial charge >= 0.3 is 0 Å². The first kappa shape index (κ1) is 9.69. The Kier molecular flexibility index (Phi) is 3.24. The highest BCUT2D eigenvalue weighted by Gasteiger charge is 2.05. The van der Waals surface area contributed by atoms with Gasteiger partial charge in [-0.05, 0) is 30.2 Å². The van der Waals surface area contributed by atoms with E-state index in [1.165, 1.54) is 0 Å². The van der Waals surface area contributed by atoms with Crippen LogP contribution < -0.4 is 4.74 Å². The minimum atomic E-state index is 0.461. The van der Waals surface area contributed by atoms with E-state index in [9.17, 15) is 0 Å². The molecule has 0 unspecified atom stereocenters. The van der Waals surface area contributed by atoms with Crippen LogP contribution in [0.5, 0.6) is 5.75 Å². The van der Waals surface area contributed by atoms with E-state index in [0.717, 1.165) is 16.9 Å². The third kappa shape index (κ3) is 1.85. The quantitative estimate of drug-likeness (QED) is 0.672. The van der Waals surface area contributed by atoms with Crippen molar-refractivity contribution in [3.8, 4) is 5.75 Å². The van der Waals surface area contributed by atoms with Gasteiger partial charge in [-0.3, -0.25) is 0 Å². The van der Waals surface area contributed by atoms with Crippen molar-refractivity contribution >= 4 is 23.2 Å². The van der Waals surface area contributed by atoms with E-state index in [4.69, 9.17) is 27.9 Å². The van der Waals surface area contributed by atoms with E-state index in [-0.39, 0.29) is 0 Å². The molecular formula is C9H10Cl2O. The summed E-state index contributed by atoms with van der Waals surface area (Å²) in [5, 5.41) is 0.660. The van der Waals surface area contributed by atoms with Crippen LogP contribution in [0, 0.1) is 6.92 Å². The number of rotatable bonds is 2. The van der Waals surface area contributed by atoms with Gasteiger partial charge in [0.15, 0.2) is 0 Å². The third-order valence-electron chi connectivity index (χ3n) is 1.80. The standard InChI is InChI=1S/C9H10Cl2O/c1-6-7(5-10)3-8(11)4-9(6)12-2/h3-4H,5H2,1-2H3. The highest BCUT2D eigenvalue weighted by atomic mass is 35.5. The first-order valence-electron chi connectivity index (χ1n) is 3.58. The molecule has 0 fully saturated rings. The first-order chi connectivity index (χ1) is 5.69. The molecule has 0 aliphatic carbocycles. The van der Waals surface area contributed by atoms with Gasteiger partial charge in [0.25, 0.3) is 0 Å². The Labute approximate surface area is 82.2 Å². The summed E-state index contributed by atoms with van der Waals surface area (Å²) in [6.07, 6.45) is 0. The first-order valence-corrected chi connectivity index (χ1v) is 4.49. The second-order valence-corrected chi connectivity index (χ2v) is 3.23. The smallest absolute Gasteiger partial charge is 0.123 e. The number of hydrogen-bond acceptors (Lipinski definition) is 1. The molecule has 1 rings (SSSR count). The Bertz CT molecular complexity index is 259. The van der Waals surface area contributed by atoms with Crippen molar-refractivity contribution in [1.82, 2.24) is 0 Å². The van der Waals surface area contributed by atoms with Crippen LogP contribution in [0.3, 0.4) is 0 Å². The van der Waals surface area contributed by atoms with E-state index in [1.807, 2.05) is 13.0 Å². The average molecular weight is 205 g/mol. The maximum Gasteiger partial charge on any atom is 0.123 e. The zero-order valence-corrected chi connectivity index (χ0v) is 8.54. The predicted molar refractivity (Wildman–Crippen MR) is 52.3 cm³/mol. The highest BCUT2D eigenvalue weighted by Crippen LogP contribution is 2.27. The molecule has 0 amide bonds. The van der Waals surface area contributed by atoms with Crippen LogP contribution >= 0.6 is 23.2 Å². The SMILES string of the molecule is COc1cc(Cl)cc(CCl)c1C. The van der Waals surface area contributed by atoms with Crippen LogP contribution in [0.25, 0.3) is 0 Å². The van der Waals surface area contributed by atoms with Gasteiger partial charge in [-0.15, -0.1) is 11.6 Å². The van der Waals surface area contributed by atoms with Crippen molar-refractivity contribution in [3.63, 3.8) is 0 Å². The van der Waals surface area contributed by atoms with Crippen LogP contribution in [0.4, 0.5) is 0 Å². The lowest BCUT2D eigenvalue weighted by atomic mass is 10.1. The second-order valence-electron chi connectivity index (χ2n) is 2.53. The van der Waals surface area contributed by atoms with Crippen LogP contribution in [-0.4, -0.2) is 7.11 Å². The third-order valence-corrected chi connectivity index (χ3v) is 2.30. The fourth-order valence-corrected chi connectivity index (χ4v) is 1.57. The topological polar surface area (TPSA) is 9.23 Å². The number of benzene rings is 1. The fraction of sp³-hybridized carbons (Fsp3) is 0.333. The molecule has 0 aliphatic heterocycles. The predicted octanol–water partition coefficient (Wildman–Crippen LogP) is 3.40. The summed E-state index contributed by atoms with van der Waals surface area (Å²) in [6.45, 7) is 1.97. The molecule has 1 aromatic rings. The van der Waals surface area contributed by atoms with Gasteiger partial charge in [0.05, 0.1) is 7.11 Å². The minimum Gasteiger partial charge on any atom is -0.496 e. The van der Waals surface area contributed by atoms with E-state index < -0.39 is 0 Å². The van der Waals surface area contributed by atoms with Crippen LogP contribution in [0.2, 0.25) is 5.02 Å². The minimum absolute atomic E-state index is 0.461. The van der Waals surface area contributed by atoms with Crippen molar-refractivity contribution in [3.05, 3.63) is 28.3 Å². The molecule has 0 radical (unpaired) electrons. The lowest BCUT2D eigenvalue weighted by Gasteiger charge is -2.08. The van der Waals surface area contributed by atoms with E-state index in [2.05, 4.69) is 0 Å². The lowest BCUT2D eigenvalue weighted by molar-refractivity contribution is 0.411. The Morgan fingerprint density at radius 3 is 2.58 bits per heavy atom. The zero-order chi connectivity index (χ0) is 9.14. The molecule has 0 atom stereocenters. The molecule has 0 heterocycles. The molecule has 1 nitrogen and oxygen atoms in total. The number of halogens is 2. The normalized spacial score (nSPS) is 10.0. The van der Waals surface area contributed by atoms with Crippen molar-refractivity contribution in [2.24, 2.45) is 0 Å². The van der Waals surface area contributed by atoms with E-state index >= 15 is 0 Å². The van der Waals surface area contributed by atoms with Crippen molar-refractivity contribution in [2.45, 2.75) is 12.8 Å². The fourth-order valence-electron chi connectivity index (χ4n) is 1.06. The molecule has 3 heteroatoms. The summed E-state index contributed by atoms with van der Waals surface area (Å²) >= 11 is 11.6. The summed E-state index contributed by atoms with van der Waals surface area (Å²) in [7, 11) is 1.62. The van der Waals surface area contributed by atoms with Crippen LogP contribution in [-0.2, 0) is 5.88 Å². The lowest BCUT2D eigenvalue weighted by Crippen LogP contribution is -1.91. The van der Waals surface area contributed by atoms with Gasteiger partial charge in [-0.2, -0.15) is 0 Å². The zero-order valence-electron chi connectivity index (χ0n) is 7.03. The average Bonchev–Trinajstić information content (AvgIpc) is 2.08. The summed E-state index contributed by atoms with van der Waals surface area (Å²) < 4.78 is 5.13. The highest BCUT2D eigenvalue weighted by molar-refractivity contribution is 6.31. The van der Waals surface area contributed by atoms with Gasteiger partial charge in [0.1, 0.15) is 5.75 Å². The van der Waals surface area contributed by atoms with E-state index in [1.54, 1.807) is 13.2 Å². The number of alkyl halides is 1. The number of ether oxygens (including phenoxy) is 1. The molecule has 0 bridgehead atoms. The van der Waals surface area contributed by atoms with Crippen LogP contribution in [0.1, 0.15) is 11.1 Å². The summed E-state index contributed by atoms with van der Waals surface area (Å²) in [5.41, 5.74) is 2.07. The van der Waals surface area contributed by atoms with Crippen molar-refractivity contribution in [2.75, 3.05) is 7.11 Å². The van der Waals surface area contributed by atoms with E-state index in [0.29, 0.717) is 10.9 Å². The number of methoxy groups -OCH3 is 1. The number of hydrogen-bond donors (Lipinski definition) is 0. The maximum atomic E-state index is 5.84. The van der Waals surface area contributed by atoms with Gasteiger partial charge in [-0.25, -0.2) is 0 Å². The Balaban J connectivity index is 3.22. The summed E-state index contributed by atoms with van der Waals surface area (Å²) in [6, 6.07) is 3.64. The Morgan fingerprint density at radius 1 is 1.42 bits per heavy atom. The molecular weight excluding hydrogens is 195 g/mol. The summed E-state index contributed by atoms with van der Waals surface area (Å²) in [5.74, 6) is 1.25. The Hall–Kier alpha value is -0.400. The van der Waals surface area contributed by atoms with Gasteiger partial charge in [0.2, 0.25) is 0 Å². The van der Waals surface area contributed by atoms with Gasteiger partial charge in [0, 0.05) is 10.9 Å². The molecule has 0 saturated heterocycles. The molecule has 1 aromatic carbocycles. The molecule has 12 heavy (non-hydrogen) atoms. The van der Waals surface area contributed by atoms with Crippen molar-refractivity contribution in [1.29, 1.82) is 0 Å². The molecule has 0 aromatic heterocycles. The molecule has 0 spiro atoms. The van der Waals surface area contributed by atoms with Gasteiger partial charge < -0.3 is 4.74 Å². The van der Waals surface area contributed by atoms with Crippen molar-refractivity contribution < 1.29 is 4.74 Å². The largest absolute Gasteiger partial charge is 0.496 e. The maximum absolute atomic E-state index is 5.84. The van der Waals surface area contributed by atoms with Gasteiger partial charge in [-0.1, -0.05) is 11.6 Å². The molecule has 0 aliphatic rings. The summed E-state index contributed by atoms with van der Waals surface area (Å²) in [4.78, 5) is 0. The molecule has 0 saturated carbocycles. The Morgan fingerprint density at radius 2 is 2.08 bits per heavy atom.